The first kappa shape index (κ1) is 27.8. The van der Waals surface area contributed by atoms with Crippen molar-refractivity contribution in [2.75, 3.05) is 6.61 Å². The van der Waals surface area contributed by atoms with Gasteiger partial charge in [0.15, 0.2) is 11.6 Å². The Morgan fingerprint density at radius 2 is 1.38 bits per heavy atom. The minimum absolute atomic E-state index is 0.0363. The highest BCUT2D eigenvalue weighted by Gasteiger charge is 2.20. The van der Waals surface area contributed by atoms with Gasteiger partial charge in [-0.25, -0.2) is 9.18 Å². The third-order valence-electron chi connectivity index (χ3n) is 6.23. The number of hydrogen-bond acceptors (Lipinski definition) is 2. The first-order valence-corrected chi connectivity index (χ1v) is 13.0. The van der Waals surface area contributed by atoms with Crippen molar-refractivity contribution in [1.29, 1.82) is 0 Å². The lowest BCUT2D eigenvalue weighted by Crippen LogP contribution is -2.05. The summed E-state index contributed by atoms with van der Waals surface area (Å²) in [6, 6.07) is 7.77. The van der Waals surface area contributed by atoms with Gasteiger partial charge in [-0.05, 0) is 48.6 Å². The third-order valence-corrected chi connectivity index (χ3v) is 6.23. The highest BCUT2D eigenvalue weighted by molar-refractivity contribution is 5.96. The summed E-state index contributed by atoms with van der Waals surface area (Å²) in [5.74, 6) is -3.43. The summed E-state index contributed by atoms with van der Waals surface area (Å²) in [5.41, 5.74) is 1.05. The number of rotatable bonds is 17. The molecule has 2 aromatic rings. The molecule has 0 heterocycles. The van der Waals surface area contributed by atoms with Crippen LogP contribution in [0.3, 0.4) is 0 Å². The molecule has 0 unspecified atom stereocenters. The molecule has 0 saturated carbocycles. The highest BCUT2D eigenvalue weighted by Crippen LogP contribution is 2.33. The fraction of sp³-hybridized carbons (Fsp3) is 0.552. The maximum atomic E-state index is 15.0. The molecule has 0 bridgehead atoms. The van der Waals surface area contributed by atoms with E-state index in [1.165, 1.54) is 63.1 Å². The molecule has 0 atom stereocenters. The van der Waals surface area contributed by atoms with E-state index in [1.54, 1.807) is 12.1 Å². The van der Waals surface area contributed by atoms with Crippen LogP contribution in [0.2, 0.25) is 0 Å². The predicted octanol–water partition coefficient (Wildman–Crippen LogP) is 8.97. The molecule has 0 aliphatic carbocycles. The lowest BCUT2D eigenvalue weighted by molar-refractivity contribution is 0.0697. The van der Waals surface area contributed by atoms with Gasteiger partial charge in [-0.3, -0.25) is 0 Å². The van der Waals surface area contributed by atoms with Crippen molar-refractivity contribution in [1.82, 2.24) is 0 Å². The Hall–Kier alpha value is -2.43. The molecule has 5 heteroatoms. The number of carboxylic acids is 1. The Balaban J connectivity index is 2.08. The van der Waals surface area contributed by atoms with Gasteiger partial charge in [0, 0.05) is 5.56 Å². The van der Waals surface area contributed by atoms with Crippen molar-refractivity contribution in [3.8, 4) is 16.9 Å². The number of carboxylic acid groups (broad SMARTS) is 1. The van der Waals surface area contributed by atoms with E-state index >= 15 is 4.39 Å². The topological polar surface area (TPSA) is 46.5 Å². The molecule has 0 radical (unpaired) electrons. The summed E-state index contributed by atoms with van der Waals surface area (Å²) in [5, 5.41) is 9.61. The molecule has 2 rings (SSSR count). The fourth-order valence-electron chi connectivity index (χ4n) is 4.18. The second-order valence-electron chi connectivity index (χ2n) is 9.06. The van der Waals surface area contributed by atoms with E-state index in [-0.39, 0.29) is 22.4 Å². The smallest absolute Gasteiger partial charge is 0.336 e. The maximum absolute atomic E-state index is 15.0. The van der Waals surface area contributed by atoms with Gasteiger partial charge in [-0.2, -0.15) is 4.39 Å². The van der Waals surface area contributed by atoms with E-state index in [0.717, 1.165) is 44.1 Å². The molecule has 0 aromatic heterocycles. The number of ether oxygens (including phenoxy) is 1. The number of carbonyl (C=O) groups is 1. The van der Waals surface area contributed by atoms with Gasteiger partial charge in [0.2, 0.25) is 5.82 Å². The molecule has 3 nitrogen and oxygen atoms in total. The van der Waals surface area contributed by atoms with Crippen LogP contribution in [0.25, 0.3) is 11.1 Å². The number of aromatic carboxylic acids is 1. The Bertz CT molecular complexity index is 895. The Morgan fingerprint density at radius 1 is 0.765 bits per heavy atom. The molecule has 0 aliphatic heterocycles. The Labute approximate surface area is 203 Å². The van der Waals surface area contributed by atoms with Gasteiger partial charge < -0.3 is 9.84 Å². The number of benzene rings is 2. The average molecular weight is 475 g/mol. The minimum atomic E-state index is -1.16. The monoisotopic (exact) mass is 474 g/mol. The van der Waals surface area contributed by atoms with Crippen molar-refractivity contribution in [3.05, 3.63) is 53.1 Å². The van der Waals surface area contributed by atoms with Crippen LogP contribution in [0.5, 0.6) is 5.75 Å². The molecular formula is C29H40F2O3. The van der Waals surface area contributed by atoms with Crippen LogP contribution >= 0.6 is 0 Å². The summed E-state index contributed by atoms with van der Waals surface area (Å²) in [6.45, 7) is 4.67. The van der Waals surface area contributed by atoms with Crippen LogP contribution in [0, 0.1) is 11.6 Å². The van der Waals surface area contributed by atoms with E-state index in [2.05, 4.69) is 13.8 Å². The summed E-state index contributed by atoms with van der Waals surface area (Å²) >= 11 is 0. The third kappa shape index (κ3) is 8.73. The first-order chi connectivity index (χ1) is 16.5. The maximum Gasteiger partial charge on any atom is 0.336 e. The number of halogens is 2. The minimum Gasteiger partial charge on any atom is -0.490 e. The zero-order valence-electron chi connectivity index (χ0n) is 20.8. The normalized spacial score (nSPS) is 11.1. The van der Waals surface area contributed by atoms with E-state index in [9.17, 15) is 14.3 Å². The van der Waals surface area contributed by atoms with Crippen LogP contribution in [0.4, 0.5) is 8.78 Å². The van der Waals surface area contributed by atoms with Crippen molar-refractivity contribution in [2.45, 2.75) is 97.3 Å². The Morgan fingerprint density at radius 3 is 2.03 bits per heavy atom. The molecular weight excluding hydrogens is 434 g/mol. The van der Waals surface area contributed by atoms with Crippen LogP contribution in [0.1, 0.15) is 107 Å². The summed E-state index contributed by atoms with van der Waals surface area (Å²) in [6.07, 6.45) is 14.2. The van der Waals surface area contributed by atoms with E-state index in [0.29, 0.717) is 6.61 Å². The fourth-order valence-corrected chi connectivity index (χ4v) is 4.18. The highest BCUT2D eigenvalue weighted by atomic mass is 19.2. The second-order valence-corrected chi connectivity index (χ2v) is 9.06. The van der Waals surface area contributed by atoms with E-state index in [4.69, 9.17) is 4.74 Å². The Kier molecular flexibility index (Phi) is 12.7. The lowest BCUT2D eigenvalue weighted by atomic mass is 9.94. The SMILES string of the molecule is CCCCCCCCOc1ccc(-c2cc(CCCCCCCC)ccc2C(=O)O)c(F)c1F. The van der Waals surface area contributed by atoms with Gasteiger partial charge in [0.25, 0.3) is 0 Å². The summed E-state index contributed by atoms with van der Waals surface area (Å²) < 4.78 is 35.3. The molecule has 0 fully saturated rings. The van der Waals surface area contributed by atoms with Gasteiger partial charge >= 0.3 is 5.97 Å². The second kappa shape index (κ2) is 15.5. The lowest BCUT2D eigenvalue weighted by Gasteiger charge is -2.13. The summed E-state index contributed by atoms with van der Waals surface area (Å²) in [7, 11) is 0. The van der Waals surface area contributed by atoms with Crippen LogP contribution in [0.15, 0.2) is 30.3 Å². The predicted molar refractivity (Wildman–Crippen MR) is 135 cm³/mol. The molecule has 2 aromatic carbocycles. The number of hydrogen-bond donors (Lipinski definition) is 1. The number of unbranched alkanes of at least 4 members (excludes halogenated alkanes) is 10. The van der Waals surface area contributed by atoms with Crippen molar-refractivity contribution in [2.24, 2.45) is 0 Å². The van der Waals surface area contributed by atoms with Gasteiger partial charge in [-0.15, -0.1) is 0 Å². The zero-order chi connectivity index (χ0) is 24.8. The van der Waals surface area contributed by atoms with Crippen molar-refractivity contribution < 1.29 is 23.4 Å². The number of aryl methyl sites for hydroxylation is 1. The van der Waals surface area contributed by atoms with Gasteiger partial charge in [-0.1, -0.05) is 90.2 Å². The molecule has 1 N–H and O–H groups in total. The van der Waals surface area contributed by atoms with E-state index in [1.807, 2.05) is 0 Å². The largest absolute Gasteiger partial charge is 0.490 e. The molecule has 0 spiro atoms. The first-order valence-electron chi connectivity index (χ1n) is 13.0. The molecule has 188 valence electrons. The average Bonchev–Trinajstić information content (AvgIpc) is 2.83. The van der Waals surface area contributed by atoms with Crippen LogP contribution in [-0.2, 0) is 6.42 Å². The zero-order valence-corrected chi connectivity index (χ0v) is 20.8. The van der Waals surface area contributed by atoms with E-state index < -0.39 is 17.6 Å². The molecule has 0 aliphatic rings. The standard InChI is InChI=1S/C29H40F2O3/c1-3-5-7-9-11-13-15-22-16-17-24(29(32)33)25(21-22)23-18-19-26(28(31)27(23)30)34-20-14-12-10-8-6-4-2/h16-19,21H,3-15,20H2,1-2H3,(H,32,33). The summed E-state index contributed by atoms with van der Waals surface area (Å²) in [4.78, 5) is 11.8. The van der Waals surface area contributed by atoms with Crippen molar-refractivity contribution >= 4 is 5.97 Å². The van der Waals surface area contributed by atoms with Crippen LogP contribution in [-0.4, -0.2) is 17.7 Å². The van der Waals surface area contributed by atoms with Crippen LogP contribution < -0.4 is 4.74 Å². The molecule has 0 saturated heterocycles. The van der Waals surface area contributed by atoms with Crippen molar-refractivity contribution in [3.63, 3.8) is 0 Å². The van der Waals surface area contributed by atoms with Gasteiger partial charge in [0.05, 0.1) is 12.2 Å². The quantitative estimate of drug-likeness (QED) is 0.233. The molecule has 34 heavy (non-hydrogen) atoms. The molecule has 0 amide bonds. The van der Waals surface area contributed by atoms with Gasteiger partial charge in [0.1, 0.15) is 0 Å².